The number of nitrogens with two attached hydrogens (primary N) is 1. The van der Waals surface area contributed by atoms with Gasteiger partial charge in [-0.2, -0.15) is 4.31 Å². The topological polar surface area (TPSA) is 125 Å². The minimum absolute atomic E-state index is 0.146. The third-order valence-electron chi connectivity index (χ3n) is 4.42. The number of rotatable bonds is 7. The Labute approximate surface area is 169 Å². The summed E-state index contributed by atoms with van der Waals surface area (Å²) in [6.45, 7) is 4.08. The zero-order valence-corrected chi connectivity index (χ0v) is 17.2. The number of amides is 1. The molecule has 2 N–H and O–H groups in total. The van der Waals surface area contributed by atoms with Gasteiger partial charge in [-0.15, -0.1) is 0 Å². The number of carbonyl (C=O) groups is 1. The highest BCUT2D eigenvalue weighted by atomic mass is 32.2. The van der Waals surface area contributed by atoms with Crippen LogP contribution in [0.3, 0.4) is 0 Å². The summed E-state index contributed by atoms with van der Waals surface area (Å²) < 4.78 is 38.4. The minimum atomic E-state index is -3.69. The van der Waals surface area contributed by atoms with E-state index < -0.39 is 15.9 Å². The second-order valence-electron chi connectivity index (χ2n) is 6.90. The molecule has 1 aliphatic heterocycles. The molecule has 2 heterocycles. The van der Waals surface area contributed by atoms with Crippen LogP contribution in [0.15, 0.2) is 35.2 Å². The molecule has 1 aromatic carbocycles. The van der Waals surface area contributed by atoms with E-state index in [2.05, 4.69) is 9.97 Å². The van der Waals surface area contributed by atoms with Crippen LogP contribution < -0.4 is 15.2 Å². The van der Waals surface area contributed by atoms with Gasteiger partial charge in [0.1, 0.15) is 11.9 Å². The zero-order valence-electron chi connectivity index (χ0n) is 16.4. The standard InChI is InChI=1S/C19H24N4O5S/c1-13-10-14(2)22-19(21-13)28-16-4-3-9-23(11-16)29(25,26)17-7-5-15(6-8-17)27-12-18(20)24/h5-8,10,16H,3-4,9,11-12H2,1-2H3,(H2,20,24). The Morgan fingerprint density at radius 3 is 2.48 bits per heavy atom. The van der Waals surface area contributed by atoms with Crippen molar-refractivity contribution in [2.75, 3.05) is 19.7 Å². The van der Waals surface area contributed by atoms with Gasteiger partial charge in [0.25, 0.3) is 5.91 Å². The van der Waals surface area contributed by atoms with Crippen molar-refractivity contribution in [1.29, 1.82) is 0 Å². The number of nitrogens with zero attached hydrogens (tertiary/aromatic N) is 3. The highest BCUT2D eigenvalue weighted by Crippen LogP contribution is 2.24. The molecule has 0 spiro atoms. The number of aromatic nitrogens is 2. The van der Waals surface area contributed by atoms with E-state index in [9.17, 15) is 13.2 Å². The van der Waals surface area contributed by atoms with Crippen LogP contribution in [0.1, 0.15) is 24.2 Å². The number of piperidine rings is 1. The molecule has 1 saturated heterocycles. The van der Waals surface area contributed by atoms with Gasteiger partial charge in [0.05, 0.1) is 11.4 Å². The van der Waals surface area contributed by atoms with Gasteiger partial charge >= 0.3 is 6.01 Å². The molecule has 1 atom stereocenters. The van der Waals surface area contributed by atoms with Crippen LogP contribution in [0.5, 0.6) is 11.8 Å². The molecular weight excluding hydrogens is 396 g/mol. The first-order valence-corrected chi connectivity index (χ1v) is 10.7. The molecule has 2 aromatic rings. The molecule has 0 saturated carbocycles. The van der Waals surface area contributed by atoms with E-state index in [-0.39, 0.29) is 30.2 Å². The van der Waals surface area contributed by atoms with Crippen LogP contribution in [0, 0.1) is 13.8 Å². The van der Waals surface area contributed by atoms with E-state index >= 15 is 0 Å². The average Bonchev–Trinajstić information content (AvgIpc) is 2.66. The largest absolute Gasteiger partial charge is 0.484 e. The number of hydrogen-bond acceptors (Lipinski definition) is 7. The summed E-state index contributed by atoms with van der Waals surface area (Å²) in [4.78, 5) is 19.5. The molecule has 1 aliphatic rings. The van der Waals surface area contributed by atoms with Crippen molar-refractivity contribution < 1.29 is 22.7 Å². The van der Waals surface area contributed by atoms with Crippen molar-refractivity contribution in [3.63, 3.8) is 0 Å². The SMILES string of the molecule is Cc1cc(C)nc(OC2CCCN(S(=O)(=O)c3ccc(OCC(N)=O)cc3)C2)n1. The lowest BCUT2D eigenvalue weighted by molar-refractivity contribution is -0.119. The maximum Gasteiger partial charge on any atom is 0.317 e. The Bertz CT molecular complexity index is 958. The van der Waals surface area contributed by atoms with E-state index in [1.165, 1.54) is 28.6 Å². The molecule has 3 rings (SSSR count). The molecular formula is C19H24N4O5S. The Kier molecular flexibility index (Phi) is 6.33. The number of primary amides is 1. The predicted molar refractivity (Wildman–Crippen MR) is 105 cm³/mol. The van der Waals surface area contributed by atoms with Gasteiger partial charge < -0.3 is 15.2 Å². The molecule has 9 nitrogen and oxygen atoms in total. The second-order valence-corrected chi connectivity index (χ2v) is 8.84. The fourth-order valence-electron chi connectivity index (χ4n) is 3.13. The van der Waals surface area contributed by atoms with Gasteiger partial charge in [-0.1, -0.05) is 0 Å². The molecule has 1 fully saturated rings. The van der Waals surface area contributed by atoms with Gasteiger partial charge in [-0.25, -0.2) is 18.4 Å². The number of carbonyl (C=O) groups excluding carboxylic acids is 1. The predicted octanol–water partition coefficient (Wildman–Crippen LogP) is 1.19. The van der Waals surface area contributed by atoms with Crippen LogP contribution in [-0.4, -0.2) is 54.4 Å². The van der Waals surface area contributed by atoms with Crippen molar-refractivity contribution in [3.8, 4) is 11.8 Å². The lowest BCUT2D eigenvalue weighted by Crippen LogP contribution is -2.44. The van der Waals surface area contributed by atoms with Crippen LogP contribution in [-0.2, 0) is 14.8 Å². The summed E-state index contributed by atoms with van der Waals surface area (Å²) in [5.41, 5.74) is 6.63. The van der Waals surface area contributed by atoms with E-state index in [1.54, 1.807) is 0 Å². The van der Waals surface area contributed by atoms with Crippen molar-refractivity contribution in [3.05, 3.63) is 41.7 Å². The van der Waals surface area contributed by atoms with E-state index in [4.69, 9.17) is 15.2 Å². The van der Waals surface area contributed by atoms with E-state index in [1.807, 2.05) is 19.9 Å². The van der Waals surface area contributed by atoms with Gasteiger partial charge in [0, 0.05) is 17.9 Å². The van der Waals surface area contributed by atoms with Crippen molar-refractivity contribution >= 4 is 15.9 Å². The van der Waals surface area contributed by atoms with Crippen LogP contribution >= 0.6 is 0 Å². The summed E-state index contributed by atoms with van der Waals surface area (Å²) in [5.74, 6) is -0.233. The number of benzene rings is 1. The van der Waals surface area contributed by atoms with Crippen molar-refractivity contribution in [2.45, 2.75) is 37.7 Å². The van der Waals surface area contributed by atoms with Gasteiger partial charge in [-0.05, 0) is 57.0 Å². The van der Waals surface area contributed by atoms with Crippen LogP contribution in [0.25, 0.3) is 0 Å². The summed E-state index contributed by atoms with van der Waals surface area (Å²) in [6, 6.07) is 8.00. The summed E-state index contributed by atoms with van der Waals surface area (Å²) in [6.07, 6.45) is 1.08. The highest BCUT2D eigenvalue weighted by molar-refractivity contribution is 7.89. The van der Waals surface area contributed by atoms with Gasteiger partial charge in [0.2, 0.25) is 10.0 Å². The molecule has 0 bridgehead atoms. The number of hydrogen-bond donors (Lipinski definition) is 1. The first-order valence-electron chi connectivity index (χ1n) is 9.24. The Morgan fingerprint density at radius 1 is 1.21 bits per heavy atom. The van der Waals surface area contributed by atoms with Gasteiger partial charge in [0.15, 0.2) is 6.61 Å². The summed E-state index contributed by atoms with van der Waals surface area (Å²) in [7, 11) is -3.69. The third-order valence-corrected chi connectivity index (χ3v) is 6.30. The quantitative estimate of drug-likeness (QED) is 0.713. The maximum absolute atomic E-state index is 13.0. The maximum atomic E-state index is 13.0. The Balaban J connectivity index is 1.69. The van der Waals surface area contributed by atoms with Crippen molar-refractivity contribution in [1.82, 2.24) is 14.3 Å². The zero-order chi connectivity index (χ0) is 21.0. The van der Waals surface area contributed by atoms with Crippen LogP contribution in [0.2, 0.25) is 0 Å². The van der Waals surface area contributed by atoms with E-state index in [0.29, 0.717) is 18.7 Å². The minimum Gasteiger partial charge on any atom is -0.484 e. The number of ether oxygens (including phenoxy) is 2. The molecule has 1 aromatic heterocycles. The fourth-order valence-corrected chi connectivity index (χ4v) is 4.64. The fraction of sp³-hybridized carbons (Fsp3) is 0.421. The van der Waals surface area contributed by atoms with Gasteiger partial charge in [-0.3, -0.25) is 4.79 Å². The monoisotopic (exact) mass is 420 g/mol. The lowest BCUT2D eigenvalue weighted by Gasteiger charge is -2.31. The lowest BCUT2D eigenvalue weighted by atomic mass is 10.1. The normalized spacial score (nSPS) is 17.7. The smallest absolute Gasteiger partial charge is 0.317 e. The Hall–Kier alpha value is -2.72. The average molecular weight is 420 g/mol. The molecule has 0 radical (unpaired) electrons. The molecule has 1 unspecified atom stereocenters. The molecule has 29 heavy (non-hydrogen) atoms. The molecule has 156 valence electrons. The Morgan fingerprint density at radius 2 is 1.86 bits per heavy atom. The first kappa shape index (κ1) is 21.0. The number of sulfonamides is 1. The molecule has 10 heteroatoms. The van der Waals surface area contributed by atoms with E-state index in [0.717, 1.165) is 17.8 Å². The first-order chi connectivity index (χ1) is 13.7. The molecule has 1 amide bonds. The summed E-state index contributed by atoms with van der Waals surface area (Å²) in [5, 5.41) is 0. The van der Waals surface area contributed by atoms with Crippen molar-refractivity contribution in [2.24, 2.45) is 5.73 Å². The third kappa shape index (κ3) is 5.42. The second kappa shape index (κ2) is 8.75. The van der Waals surface area contributed by atoms with Crippen LogP contribution in [0.4, 0.5) is 0 Å². The summed E-state index contributed by atoms with van der Waals surface area (Å²) >= 11 is 0. The molecule has 0 aliphatic carbocycles. The highest BCUT2D eigenvalue weighted by Gasteiger charge is 2.31. The number of aryl methyl sites for hydroxylation is 2.